The van der Waals surface area contributed by atoms with E-state index in [4.69, 9.17) is 4.74 Å². The van der Waals surface area contributed by atoms with Gasteiger partial charge in [0.2, 0.25) is 0 Å². The second kappa shape index (κ2) is 7.28. The summed E-state index contributed by atoms with van der Waals surface area (Å²) in [5.74, 6) is 0.766. The Morgan fingerprint density at radius 3 is 2.59 bits per heavy atom. The smallest absolute Gasteiger partial charge is 0.150 e. The lowest BCUT2D eigenvalue weighted by Crippen LogP contribution is -1.92. The van der Waals surface area contributed by atoms with Crippen LogP contribution in [0.3, 0.4) is 0 Å². The van der Waals surface area contributed by atoms with Gasteiger partial charge in [0.25, 0.3) is 0 Å². The summed E-state index contributed by atoms with van der Waals surface area (Å²) in [5, 5.41) is 0. The number of rotatable bonds is 4. The number of carbonyl (C=O) groups excluding carboxylic acids is 1. The molecule has 1 aromatic carbocycles. The van der Waals surface area contributed by atoms with Gasteiger partial charge < -0.3 is 9.47 Å². The maximum absolute atomic E-state index is 10.6. The molecule has 2 rings (SSSR count). The molecule has 1 heterocycles. The lowest BCUT2D eigenvalue weighted by atomic mass is 10.1. The average Bonchev–Trinajstić information content (AvgIpc) is 2.27. The first-order valence-electron chi connectivity index (χ1n) is 5.31. The highest BCUT2D eigenvalue weighted by Crippen LogP contribution is 2.17. The molecule has 0 aliphatic carbocycles. The Morgan fingerprint density at radius 2 is 2.18 bits per heavy atom. The molecule has 0 radical (unpaired) electrons. The van der Waals surface area contributed by atoms with Crippen LogP contribution < -0.4 is 4.74 Å². The van der Waals surface area contributed by atoms with E-state index in [-0.39, 0.29) is 0 Å². The fraction of sp³-hybridized carbons (Fsp3) is 0.214. The van der Waals surface area contributed by atoms with Crippen LogP contribution in [-0.2, 0) is 11.2 Å². The van der Waals surface area contributed by atoms with Gasteiger partial charge in [0, 0.05) is 5.56 Å². The van der Waals surface area contributed by atoms with Crippen LogP contribution in [0.5, 0.6) is 5.75 Å². The summed E-state index contributed by atoms with van der Waals surface area (Å²) in [6.45, 7) is 4.45. The maximum Gasteiger partial charge on any atom is 0.150 e. The third kappa shape index (κ3) is 4.15. The predicted molar refractivity (Wildman–Crippen MR) is 67.4 cm³/mol. The Bertz CT molecular complexity index is 402. The van der Waals surface area contributed by atoms with Crippen LogP contribution in [-0.4, -0.2) is 20.0 Å². The highest BCUT2D eigenvalue weighted by molar-refractivity contribution is 5.77. The minimum absolute atomic E-state index is 0.686. The molecule has 90 valence electrons. The summed E-state index contributed by atoms with van der Waals surface area (Å²) >= 11 is 0. The van der Waals surface area contributed by atoms with E-state index in [0.717, 1.165) is 24.2 Å². The predicted octanol–water partition coefficient (Wildman–Crippen LogP) is 2.77. The molecular formula is C14H16O3. The number of methoxy groups -OCH3 is 1. The normalized spacial score (nSPS) is 11.4. The number of aldehydes is 1. The lowest BCUT2D eigenvalue weighted by molar-refractivity contribution is 0.112. The Morgan fingerprint density at radius 1 is 1.53 bits per heavy atom. The Balaban J connectivity index is 0.000000302. The van der Waals surface area contributed by atoms with E-state index < -0.39 is 0 Å². The van der Waals surface area contributed by atoms with Gasteiger partial charge in [-0.05, 0) is 36.3 Å². The minimum atomic E-state index is 0.686. The second-order valence-electron chi connectivity index (χ2n) is 3.38. The van der Waals surface area contributed by atoms with Gasteiger partial charge in [0.05, 0.1) is 13.4 Å². The molecule has 0 bridgehead atoms. The molecule has 3 nitrogen and oxygen atoms in total. The van der Waals surface area contributed by atoms with Crippen molar-refractivity contribution >= 4 is 6.29 Å². The molecule has 0 fully saturated rings. The van der Waals surface area contributed by atoms with Crippen LogP contribution in [0.15, 0.2) is 43.2 Å². The van der Waals surface area contributed by atoms with Gasteiger partial charge in [0.1, 0.15) is 18.6 Å². The highest BCUT2D eigenvalue weighted by atomic mass is 16.5. The Labute approximate surface area is 101 Å². The number of ether oxygens (including phenoxy) is 2. The molecule has 0 amide bonds. The molecule has 0 aromatic heterocycles. The molecule has 3 heteroatoms. The van der Waals surface area contributed by atoms with Crippen molar-refractivity contribution in [1.82, 2.24) is 0 Å². The van der Waals surface area contributed by atoms with Crippen LogP contribution >= 0.6 is 0 Å². The second-order valence-corrected chi connectivity index (χ2v) is 3.38. The molecule has 1 aliphatic rings. The van der Waals surface area contributed by atoms with Gasteiger partial charge >= 0.3 is 0 Å². The fourth-order valence-corrected chi connectivity index (χ4v) is 1.25. The van der Waals surface area contributed by atoms with Crippen LogP contribution in [0, 0.1) is 0 Å². The molecule has 0 atom stereocenters. The van der Waals surface area contributed by atoms with E-state index in [1.165, 1.54) is 0 Å². The van der Waals surface area contributed by atoms with E-state index in [9.17, 15) is 4.79 Å². The first-order chi connectivity index (χ1) is 8.31. The van der Waals surface area contributed by atoms with E-state index in [0.29, 0.717) is 12.0 Å². The largest absolute Gasteiger partial charge is 0.497 e. The van der Waals surface area contributed by atoms with Crippen molar-refractivity contribution in [3.05, 3.63) is 54.3 Å². The third-order valence-electron chi connectivity index (χ3n) is 2.23. The van der Waals surface area contributed by atoms with E-state index in [1.807, 2.05) is 12.1 Å². The zero-order chi connectivity index (χ0) is 12.5. The summed E-state index contributed by atoms with van der Waals surface area (Å²) in [6.07, 6.45) is 6.94. The number of benzene rings is 1. The maximum atomic E-state index is 10.6. The molecule has 0 N–H and O–H groups in total. The van der Waals surface area contributed by atoms with E-state index in [2.05, 4.69) is 11.3 Å². The van der Waals surface area contributed by atoms with Crippen LogP contribution in [0.25, 0.3) is 0 Å². The van der Waals surface area contributed by atoms with Crippen molar-refractivity contribution in [3.8, 4) is 5.75 Å². The topological polar surface area (TPSA) is 35.5 Å². The van der Waals surface area contributed by atoms with Crippen LogP contribution in [0.2, 0.25) is 0 Å². The number of hydrogen-bond acceptors (Lipinski definition) is 3. The highest BCUT2D eigenvalue weighted by Gasteiger charge is 2.01. The molecule has 0 saturated carbocycles. The van der Waals surface area contributed by atoms with Crippen molar-refractivity contribution in [3.63, 3.8) is 0 Å². The standard InChI is InChI=1S/C11H12O2.C3H4O/c1-3-4-9-7-11(13-2)6-5-10(9)8-12;1-2-4-3-1/h3,5-8H,1,4H2,2H3;1-2H,3H2. The molecule has 0 saturated heterocycles. The van der Waals surface area contributed by atoms with Crippen LogP contribution in [0.1, 0.15) is 15.9 Å². The number of hydrogen-bond donors (Lipinski definition) is 0. The summed E-state index contributed by atoms with van der Waals surface area (Å²) in [6, 6.07) is 5.38. The third-order valence-corrected chi connectivity index (χ3v) is 2.23. The molecule has 0 unspecified atom stereocenters. The SMILES string of the molecule is C1=COC1.C=CCc1cc(OC)ccc1C=O. The first-order valence-corrected chi connectivity index (χ1v) is 5.31. The number of carbonyl (C=O) groups is 1. The summed E-state index contributed by atoms with van der Waals surface area (Å²) in [4.78, 5) is 10.6. The summed E-state index contributed by atoms with van der Waals surface area (Å²) in [5.41, 5.74) is 1.64. The summed E-state index contributed by atoms with van der Waals surface area (Å²) in [7, 11) is 1.60. The first kappa shape index (κ1) is 13.0. The van der Waals surface area contributed by atoms with Crippen molar-refractivity contribution < 1.29 is 14.3 Å². The molecule has 17 heavy (non-hydrogen) atoms. The lowest BCUT2D eigenvalue weighted by Gasteiger charge is -2.04. The van der Waals surface area contributed by atoms with Gasteiger partial charge in [-0.15, -0.1) is 6.58 Å². The van der Waals surface area contributed by atoms with E-state index in [1.54, 1.807) is 31.6 Å². The number of allylic oxidation sites excluding steroid dienone is 1. The van der Waals surface area contributed by atoms with Crippen LogP contribution in [0.4, 0.5) is 0 Å². The summed E-state index contributed by atoms with van der Waals surface area (Å²) < 4.78 is 9.59. The Kier molecular flexibility index (Phi) is 5.58. The monoisotopic (exact) mass is 232 g/mol. The van der Waals surface area contributed by atoms with Crippen molar-refractivity contribution in [2.75, 3.05) is 13.7 Å². The van der Waals surface area contributed by atoms with Gasteiger partial charge in [-0.2, -0.15) is 0 Å². The van der Waals surface area contributed by atoms with Gasteiger partial charge in [-0.1, -0.05) is 6.08 Å². The quantitative estimate of drug-likeness (QED) is 0.591. The average molecular weight is 232 g/mol. The van der Waals surface area contributed by atoms with Gasteiger partial charge in [-0.25, -0.2) is 0 Å². The van der Waals surface area contributed by atoms with Gasteiger partial charge in [-0.3, -0.25) is 4.79 Å². The fourth-order valence-electron chi connectivity index (χ4n) is 1.25. The van der Waals surface area contributed by atoms with Crippen molar-refractivity contribution in [1.29, 1.82) is 0 Å². The van der Waals surface area contributed by atoms with Crippen molar-refractivity contribution in [2.24, 2.45) is 0 Å². The molecule has 1 aromatic rings. The molecular weight excluding hydrogens is 216 g/mol. The zero-order valence-electron chi connectivity index (χ0n) is 9.89. The zero-order valence-corrected chi connectivity index (χ0v) is 9.89. The minimum Gasteiger partial charge on any atom is -0.497 e. The molecule has 0 spiro atoms. The Hall–Kier alpha value is -2.03. The molecule has 1 aliphatic heterocycles. The van der Waals surface area contributed by atoms with E-state index >= 15 is 0 Å². The van der Waals surface area contributed by atoms with Crippen molar-refractivity contribution in [2.45, 2.75) is 6.42 Å². The van der Waals surface area contributed by atoms with Gasteiger partial charge in [0.15, 0.2) is 0 Å².